The Labute approximate surface area is 130 Å². The zero-order chi connectivity index (χ0) is 14.3. The molecule has 102 valence electrons. The van der Waals surface area contributed by atoms with Gasteiger partial charge in [-0.3, -0.25) is 0 Å². The molecular formula is C14H12BrClN4. The molecule has 3 aromatic heterocycles. The normalized spacial score (nSPS) is 11.4. The summed E-state index contributed by atoms with van der Waals surface area (Å²) < 4.78 is 2.69. The minimum atomic E-state index is 0.251. The molecule has 0 aliphatic heterocycles. The van der Waals surface area contributed by atoms with E-state index >= 15 is 0 Å². The number of aromatic nitrogens is 4. The highest BCUT2D eigenvalue weighted by Crippen LogP contribution is 2.30. The van der Waals surface area contributed by atoms with Gasteiger partial charge < -0.3 is 4.40 Å². The van der Waals surface area contributed by atoms with E-state index in [1.54, 1.807) is 0 Å². The van der Waals surface area contributed by atoms with Gasteiger partial charge in [0.05, 0.1) is 10.2 Å². The first-order valence-corrected chi connectivity index (χ1v) is 7.40. The molecule has 0 atom stereocenters. The molecule has 0 saturated heterocycles. The van der Waals surface area contributed by atoms with E-state index in [0.717, 1.165) is 15.8 Å². The fourth-order valence-corrected chi connectivity index (χ4v) is 2.79. The first kappa shape index (κ1) is 13.5. The van der Waals surface area contributed by atoms with Crippen LogP contribution in [0.1, 0.15) is 25.5 Å². The van der Waals surface area contributed by atoms with Crippen LogP contribution in [0.4, 0.5) is 0 Å². The maximum Gasteiger partial charge on any atom is 0.181 e. The van der Waals surface area contributed by atoms with Crippen molar-refractivity contribution in [3.8, 4) is 11.5 Å². The van der Waals surface area contributed by atoms with Crippen LogP contribution in [0.5, 0.6) is 0 Å². The van der Waals surface area contributed by atoms with Gasteiger partial charge in [-0.25, -0.2) is 15.0 Å². The average molecular weight is 352 g/mol. The molecule has 3 rings (SSSR count). The Balaban J connectivity index is 2.18. The molecule has 0 aromatic carbocycles. The second-order valence-corrected chi connectivity index (χ2v) is 5.94. The van der Waals surface area contributed by atoms with Crippen molar-refractivity contribution >= 4 is 33.2 Å². The fraction of sp³-hybridized carbons (Fsp3) is 0.214. The van der Waals surface area contributed by atoms with Crippen molar-refractivity contribution in [3.05, 3.63) is 45.9 Å². The van der Waals surface area contributed by atoms with Gasteiger partial charge in [0.2, 0.25) is 0 Å². The second kappa shape index (κ2) is 5.14. The van der Waals surface area contributed by atoms with Gasteiger partial charge in [0, 0.05) is 12.4 Å². The molecule has 0 amide bonds. The zero-order valence-electron chi connectivity index (χ0n) is 11.0. The van der Waals surface area contributed by atoms with E-state index in [2.05, 4.69) is 44.7 Å². The van der Waals surface area contributed by atoms with Crippen molar-refractivity contribution in [2.24, 2.45) is 0 Å². The highest BCUT2D eigenvalue weighted by molar-refractivity contribution is 9.10. The molecule has 4 nitrogen and oxygen atoms in total. The molecule has 0 saturated carbocycles. The van der Waals surface area contributed by atoms with Crippen LogP contribution in [0.15, 0.2) is 35.1 Å². The third kappa shape index (κ3) is 2.31. The number of hydrogen-bond donors (Lipinski definition) is 0. The van der Waals surface area contributed by atoms with Gasteiger partial charge >= 0.3 is 0 Å². The van der Waals surface area contributed by atoms with Gasteiger partial charge in [-0.1, -0.05) is 31.5 Å². The van der Waals surface area contributed by atoms with E-state index in [9.17, 15) is 0 Å². The Hall–Kier alpha value is -1.46. The van der Waals surface area contributed by atoms with Crippen molar-refractivity contribution in [3.63, 3.8) is 0 Å². The van der Waals surface area contributed by atoms with E-state index < -0.39 is 0 Å². The van der Waals surface area contributed by atoms with E-state index in [-0.39, 0.29) is 5.92 Å². The van der Waals surface area contributed by atoms with Gasteiger partial charge in [0.1, 0.15) is 16.5 Å². The molecule has 20 heavy (non-hydrogen) atoms. The van der Waals surface area contributed by atoms with Crippen LogP contribution in [0.3, 0.4) is 0 Å². The lowest BCUT2D eigenvalue weighted by atomic mass is 10.1. The Bertz CT molecular complexity index is 749. The van der Waals surface area contributed by atoms with Crippen molar-refractivity contribution < 1.29 is 0 Å². The lowest BCUT2D eigenvalue weighted by Gasteiger charge is -2.09. The molecule has 0 spiro atoms. The molecule has 3 heterocycles. The van der Waals surface area contributed by atoms with Crippen molar-refractivity contribution in [1.29, 1.82) is 0 Å². The number of fused-ring (bicyclic) bond motifs is 1. The third-order valence-electron chi connectivity index (χ3n) is 2.98. The summed E-state index contributed by atoms with van der Waals surface area (Å²) in [6.07, 6.45) is 3.84. The number of pyridine rings is 1. The predicted molar refractivity (Wildman–Crippen MR) is 83.0 cm³/mol. The van der Waals surface area contributed by atoms with Crippen LogP contribution in [0.25, 0.3) is 17.2 Å². The Morgan fingerprint density at radius 1 is 1.20 bits per heavy atom. The van der Waals surface area contributed by atoms with Crippen LogP contribution < -0.4 is 0 Å². The van der Waals surface area contributed by atoms with Crippen LogP contribution in [0, 0.1) is 0 Å². The van der Waals surface area contributed by atoms with Crippen molar-refractivity contribution in [2.75, 3.05) is 0 Å². The van der Waals surface area contributed by atoms with E-state index in [4.69, 9.17) is 11.6 Å². The van der Waals surface area contributed by atoms with Crippen molar-refractivity contribution in [1.82, 2.24) is 19.4 Å². The quantitative estimate of drug-likeness (QED) is 0.645. The second-order valence-electron chi connectivity index (χ2n) is 4.78. The summed E-state index contributed by atoms with van der Waals surface area (Å²) in [5.74, 6) is 0.797. The number of nitrogens with zero attached hydrogens (tertiary/aromatic N) is 4. The maximum absolute atomic E-state index is 6.18. The number of rotatable bonds is 2. The number of halogens is 2. The summed E-state index contributed by atoms with van der Waals surface area (Å²) in [6, 6.07) is 5.84. The van der Waals surface area contributed by atoms with E-state index in [1.807, 2.05) is 35.0 Å². The lowest BCUT2D eigenvalue weighted by molar-refractivity contribution is 0.808. The Morgan fingerprint density at radius 2 is 2.00 bits per heavy atom. The molecule has 0 unspecified atom stereocenters. The molecule has 3 aromatic rings. The van der Waals surface area contributed by atoms with Crippen LogP contribution >= 0.6 is 27.5 Å². The third-order valence-corrected chi connectivity index (χ3v) is 4.26. The summed E-state index contributed by atoms with van der Waals surface area (Å²) in [5.41, 5.74) is 2.46. The number of imidazole rings is 1. The summed E-state index contributed by atoms with van der Waals surface area (Å²) >= 11 is 9.62. The van der Waals surface area contributed by atoms with Crippen LogP contribution in [-0.2, 0) is 0 Å². The summed E-state index contributed by atoms with van der Waals surface area (Å²) in [5, 5.41) is 0.413. The zero-order valence-corrected chi connectivity index (χ0v) is 13.4. The molecule has 0 fully saturated rings. The standard InChI is InChI=1S/C14H12BrClN4/c1-8(2)12-11(15)13(16)19-14(18-12)9-7-20-6-4-3-5-10(20)17-9/h3-8H,1-2H3. The van der Waals surface area contributed by atoms with Crippen molar-refractivity contribution in [2.45, 2.75) is 19.8 Å². The molecule has 0 N–H and O–H groups in total. The average Bonchev–Trinajstić information content (AvgIpc) is 2.85. The van der Waals surface area contributed by atoms with E-state index in [1.165, 1.54) is 0 Å². The van der Waals surface area contributed by atoms with Gasteiger partial charge in [0.15, 0.2) is 5.82 Å². The van der Waals surface area contributed by atoms with Gasteiger partial charge in [0.25, 0.3) is 0 Å². The highest BCUT2D eigenvalue weighted by atomic mass is 79.9. The highest BCUT2D eigenvalue weighted by Gasteiger charge is 2.16. The topological polar surface area (TPSA) is 43.1 Å². The largest absolute Gasteiger partial charge is 0.306 e. The Morgan fingerprint density at radius 3 is 2.70 bits per heavy atom. The van der Waals surface area contributed by atoms with Crippen LogP contribution in [-0.4, -0.2) is 19.4 Å². The summed E-state index contributed by atoms with van der Waals surface area (Å²) in [6.45, 7) is 4.13. The summed E-state index contributed by atoms with van der Waals surface area (Å²) in [4.78, 5) is 13.4. The SMILES string of the molecule is CC(C)c1nc(-c2cn3ccccc3n2)nc(Cl)c1Br. The van der Waals surface area contributed by atoms with Gasteiger partial charge in [-0.2, -0.15) is 0 Å². The number of hydrogen-bond acceptors (Lipinski definition) is 3. The lowest BCUT2D eigenvalue weighted by Crippen LogP contribution is -2.00. The molecular weight excluding hydrogens is 340 g/mol. The molecule has 0 aliphatic rings. The molecule has 6 heteroatoms. The van der Waals surface area contributed by atoms with Gasteiger partial charge in [-0.15, -0.1) is 0 Å². The smallest absolute Gasteiger partial charge is 0.181 e. The Kier molecular flexibility index (Phi) is 3.48. The fourth-order valence-electron chi connectivity index (χ4n) is 1.98. The molecule has 0 bridgehead atoms. The monoisotopic (exact) mass is 350 g/mol. The minimum Gasteiger partial charge on any atom is -0.306 e. The van der Waals surface area contributed by atoms with Crippen LogP contribution in [0.2, 0.25) is 5.15 Å². The van der Waals surface area contributed by atoms with E-state index in [0.29, 0.717) is 16.7 Å². The predicted octanol–water partition coefficient (Wildman–Crippen LogP) is 4.33. The minimum absolute atomic E-state index is 0.251. The maximum atomic E-state index is 6.18. The first-order chi connectivity index (χ1) is 9.56. The molecule has 0 radical (unpaired) electrons. The van der Waals surface area contributed by atoms with Gasteiger partial charge in [-0.05, 0) is 34.0 Å². The first-order valence-electron chi connectivity index (χ1n) is 6.23. The summed E-state index contributed by atoms with van der Waals surface area (Å²) in [7, 11) is 0. The molecule has 0 aliphatic carbocycles.